The highest BCUT2D eigenvalue weighted by Crippen LogP contribution is 2.23. The predicted octanol–water partition coefficient (Wildman–Crippen LogP) is 3.92. The molecule has 0 aliphatic carbocycles. The van der Waals surface area contributed by atoms with Crippen molar-refractivity contribution in [2.45, 2.75) is 32.7 Å². The Morgan fingerprint density at radius 2 is 2.20 bits per heavy atom. The summed E-state index contributed by atoms with van der Waals surface area (Å²) < 4.78 is 5.91. The van der Waals surface area contributed by atoms with Crippen LogP contribution in [-0.4, -0.2) is 24.5 Å². The van der Waals surface area contributed by atoms with Crippen molar-refractivity contribution < 1.29 is 4.42 Å². The number of para-hydroxylation sites is 1. The summed E-state index contributed by atoms with van der Waals surface area (Å²) in [5.74, 6) is 1.66. The van der Waals surface area contributed by atoms with Gasteiger partial charge in [0.15, 0.2) is 5.96 Å². The van der Waals surface area contributed by atoms with Gasteiger partial charge < -0.3 is 15.1 Å². The van der Waals surface area contributed by atoms with E-state index >= 15 is 0 Å². The summed E-state index contributed by atoms with van der Waals surface area (Å²) in [7, 11) is 1.78. The zero-order chi connectivity index (χ0) is 17.6. The minimum atomic E-state index is 0.0326. The van der Waals surface area contributed by atoms with E-state index in [-0.39, 0.29) is 6.04 Å². The van der Waals surface area contributed by atoms with Crippen molar-refractivity contribution in [2.24, 2.45) is 4.99 Å². The molecule has 0 amide bonds. The van der Waals surface area contributed by atoms with Gasteiger partial charge in [0.25, 0.3) is 0 Å². The molecule has 25 heavy (non-hydrogen) atoms. The first kappa shape index (κ1) is 17.5. The van der Waals surface area contributed by atoms with Gasteiger partial charge in [-0.05, 0) is 25.5 Å². The van der Waals surface area contributed by atoms with Crippen molar-refractivity contribution in [3.8, 4) is 0 Å². The van der Waals surface area contributed by atoms with E-state index in [4.69, 9.17) is 4.42 Å². The van der Waals surface area contributed by atoms with Crippen LogP contribution >= 0.6 is 11.3 Å². The van der Waals surface area contributed by atoms with Crippen molar-refractivity contribution in [2.75, 3.05) is 13.6 Å². The van der Waals surface area contributed by atoms with Crippen molar-refractivity contribution in [3.63, 3.8) is 0 Å². The molecule has 1 atom stereocenters. The summed E-state index contributed by atoms with van der Waals surface area (Å²) in [6.07, 6.45) is 3.91. The Kier molecular flexibility index (Phi) is 5.71. The van der Waals surface area contributed by atoms with Gasteiger partial charge in [0.2, 0.25) is 0 Å². The molecule has 0 aliphatic heterocycles. The zero-order valence-electron chi connectivity index (χ0n) is 14.9. The van der Waals surface area contributed by atoms with E-state index in [9.17, 15) is 0 Å². The highest BCUT2D eigenvalue weighted by atomic mass is 32.1. The van der Waals surface area contributed by atoms with Crippen LogP contribution in [0.3, 0.4) is 0 Å². The first-order valence-electron chi connectivity index (χ1n) is 8.58. The first-order valence-corrected chi connectivity index (χ1v) is 9.40. The van der Waals surface area contributed by atoms with Gasteiger partial charge in [-0.1, -0.05) is 25.1 Å². The second-order valence-electron chi connectivity index (χ2n) is 5.88. The smallest absolute Gasteiger partial charge is 0.191 e. The van der Waals surface area contributed by atoms with Crippen molar-refractivity contribution in [3.05, 3.63) is 52.2 Å². The molecule has 1 aromatic carbocycles. The van der Waals surface area contributed by atoms with Crippen LogP contribution in [0.4, 0.5) is 0 Å². The summed E-state index contributed by atoms with van der Waals surface area (Å²) in [4.78, 5) is 10.1. The lowest BCUT2D eigenvalue weighted by molar-refractivity contribution is 0.488. The van der Waals surface area contributed by atoms with E-state index < -0.39 is 0 Å². The van der Waals surface area contributed by atoms with Gasteiger partial charge in [-0.15, -0.1) is 11.3 Å². The molecule has 3 rings (SSSR count). The minimum absolute atomic E-state index is 0.0326. The third-order valence-corrected chi connectivity index (χ3v) is 5.23. The highest BCUT2D eigenvalue weighted by Gasteiger charge is 2.13. The van der Waals surface area contributed by atoms with E-state index in [1.54, 1.807) is 18.4 Å². The molecule has 3 aromatic rings. The Labute approximate surface area is 152 Å². The molecule has 132 valence electrons. The Morgan fingerprint density at radius 1 is 1.36 bits per heavy atom. The van der Waals surface area contributed by atoms with E-state index in [1.807, 2.05) is 24.4 Å². The highest BCUT2D eigenvalue weighted by molar-refractivity contribution is 7.11. The fraction of sp³-hybridized carbons (Fsp3) is 0.368. The van der Waals surface area contributed by atoms with Crippen LogP contribution in [0.25, 0.3) is 11.0 Å². The lowest BCUT2D eigenvalue weighted by Gasteiger charge is -2.16. The third kappa shape index (κ3) is 4.39. The Bertz CT molecular complexity index is 819. The molecule has 2 aromatic heterocycles. The third-order valence-electron chi connectivity index (χ3n) is 4.03. The predicted molar refractivity (Wildman–Crippen MR) is 104 cm³/mol. The van der Waals surface area contributed by atoms with Crippen molar-refractivity contribution in [1.82, 2.24) is 15.6 Å². The molecule has 0 bridgehead atoms. The van der Waals surface area contributed by atoms with Crippen LogP contribution in [0.15, 0.2) is 45.9 Å². The number of nitrogens with one attached hydrogen (secondary N) is 2. The molecule has 0 saturated carbocycles. The summed E-state index contributed by atoms with van der Waals surface area (Å²) >= 11 is 1.78. The van der Waals surface area contributed by atoms with Crippen LogP contribution in [0, 0.1) is 0 Å². The maximum absolute atomic E-state index is 5.91. The molecule has 5 nitrogen and oxygen atoms in total. The monoisotopic (exact) mass is 356 g/mol. The summed E-state index contributed by atoms with van der Waals surface area (Å²) in [6, 6.07) is 10.1. The number of rotatable bonds is 6. The minimum Gasteiger partial charge on any atom is -0.459 e. The van der Waals surface area contributed by atoms with E-state index in [1.165, 1.54) is 4.88 Å². The fourth-order valence-electron chi connectivity index (χ4n) is 2.60. The maximum atomic E-state index is 5.91. The number of aromatic nitrogens is 1. The average Bonchev–Trinajstić information content (AvgIpc) is 3.27. The van der Waals surface area contributed by atoms with Crippen LogP contribution in [0.5, 0.6) is 0 Å². The molecule has 2 N–H and O–H groups in total. The van der Waals surface area contributed by atoms with Gasteiger partial charge in [0.1, 0.15) is 11.3 Å². The number of guanidine groups is 1. The number of nitrogens with zero attached hydrogens (tertiary/aromatic N) is 2. The van der Waals surface area contributed by atoms with E-state index in [0.717, 1.165) is 47.1 Å². The quantitative estimate of drug-likeness (QED) is 0.519. The standard InChI is InChI=1S/C19H24N4OS/c1-4-15-12-22-18(25-15)9-10-21-19(20-3)23-13(2)17-11-14-7-5-6-8-16(14)24-17/h5-8,11-13H,4,9-10H2,1-3H3,(H2,20,21,23). The Balaban J connectivity index is 1.54. The molecular formula is C19H24N4OS. The topological polar surface area (TPSA) is 62.5 Å². The Morgan fingerprint density at radius 3 is 2.92 bits per heavy atom. The number of hydrogen-bond acceptors (Lipinski definition) is 4. The lowest BCUT2D eigenvalue weighted by Crippen LogP contribution is -2.39. The van der Waals surface area contributed by atoms with Gasteiger partial charge in [-0.25, -0.2) is 4.98 Å². The van der Waals surface area contributed by atoms with Crippen LogP contribution in [0.2, 0.25) is 0 Å². The second kappa shape index (κ2) is 8.16. The van der Waals surface area contributed by atoms with Crippen molar-refractivity contribution >= 4 is 28.3 Å². The van der Waals surface area contributed by atoms with E-state index in [2.05, 4.69) is 46.6 Å². The maximum Gasteiger partial charge on any atom is 0.191 e. The number of aryl methyl sites for hydroxylation is 1. The number of aliphatic imine (C=N–C) groups is 1. The first-order chi connectivity index (χ1) is 12.2. The van der Waals surface area contributed by atoms with E-state index in [0.29, 0.717) is 0 Å². The molecular weight excluding hydrogens is 332 g/mol. The lowest BCUT2D eigenvalue weighted by atomic mass is 10.2. The van der Waals surface area contributed by atoms with Crippen LogP contribution in [0.1, 0.15) is 35.5 Å². The molecule has 6 heteroatoms. The molecule has 2 heterocycles. The molecule has 0 radical (unpaired) electrons. The summed E-state index contributed by atoms with van der Waals surface area (Å²) in [5.41, 5.74) is 0.907. The molecule has 0 saturated heterocycles. The SMILES string of the molecule is CCc1cnc(CCNC(=NC)NC(C)c2cc3ccccc3o2)s1. The zero-order valence-corrected chi connectivity index (χ0v) is 15.7. The summed E-state index contributed by atoms with van der Waals surface area (Å²) in [5, 5.41) is 8.99. The largest absolute Gasteiger partial charge is 0.459 e. The summed E-state index contributed by atoms with van der Waals surface area (Å²) in [6.45, 7) is 5.02. The van der Waals surface area contributed by atoms with Crippen molar-refractivity contribution in [1.29, 1.82) is 0 Å². The van der Waals surface area contributed by atoms with Gasteiger partial charge >= 0.3 is 0 Å². The number of hydrogen-bond donors (Lipinski definition) is 2. The van der Waals surface area contributed by atoms with Crippen LogP contribution in [-0.2, 0) is 12.8 Å². The molecule has 0 aliphatic rings. The van der Waals surface area contributed by atoms with Gasteiger partial charge in [0, 0.05) is 36.5 Å². The average molecular weight is 356 g/mol. The number of benzene rings is 1. The van der Waals surface area contributed by atoms with Gasteiger partial charge in [-0.3, -0.25) is 4.99 Å². The fourth-order valence-corrected chi connectivity index (χ4v) is 3.46. The number of furan rings is 1. The molecule has 0 fully saturated rings. The number of thiazole rings is 1. The number of fused-ring (bicyclic) bond motifs is 1. The second-order valence-corrected chi connectivity index (χ2v) is 7.08. The van der Waals surface area contributed by atoms with Gasteiger partial charge in [-0.2, -0.15) is 0 Å². The molecule has 1 unspecified atom stereocenters. The van der Waals surface area contributed by atoms with Crippen LogP contribution < -0.4 is 10.6 Å². The van der Waals surface area contributed by atoms with Gasteiger partial charge in [0.05, 0.1) is 11.0 Å². The Hall–Kier alpha value is -2.34. The molecule has 0 spiro atoms. The normalized spacial score (nSPS) is 13.2.